The highest BCUT2D eigenvalue weighted by Gasteiger charge is 2.04. The van der Waals surface area contributed by atoms with E-state index in [-0.39, 0.29) is 5.82 Å². The van der Waals surface area contributed by atoms with Crippen LogP contribution in [0.1, 0.15) is 0 Å². The summed E-state index contributed by atoms with van der Waals surface area (Å²) in [7, 11) is 0. The summed E-state index contributed by atoms with van der Waals surface area (Å²) >= 11 is 1.94. The molecular formula is C9H5FINO. The van der Waals surface area contributed by atoms with Crippen molar-refractivity contribution in [2.45, 2.75) is 0 Å². The minimum Gasteiger partial charge on any atom is -0.444 e. The lowest BCUT2D eigenvalue weighted by molar-refractivity contribution is 0.570. The molecule has 0 aliphatic carbocycles. The van der Waals surface area contributed by atoms with E-state index in [9.17, 15) is 4.39 Å². The Bertz CT molecular complexity index is 414. The highest BCUT2D eigenvalue weighted by Crippen LogP contribution is 2.21. The van der Waals surface area contributed by atoms with Crippen molar-refractivity contribution in [1.29, 1.82) is 0 Å². The molecule has 0 atom stereocenters. The van der Waals surface area contributed by atoms with Gasteiger partial charge in [0.05, 0.1) is 6.20 Å². The fraction of sp³-hybridized carbons (Fsp3) is 0. The molecule has 4 heteroatoms. The van der Waals surface area contributed by atoms with Crippen molar-refractivity contribution >= 4 is 22.6 Å². The molecule has 1 aromatic heterocycles. The average Bonchev–Trinajstić information content (AvgIpc) is 2.62. The molecule has 13 heavy (non-hydrogen) atoms. The van der Waals surface area contributed by atoms with Crippen LogP contribution >= 0.6 is 22.6 Å². The van der Waals surface area contributed by atoms with Crippen LogP contribution in [0.2, 0.25) is 0 Å². The molecule has 1 aromatic carbocycles. The summed E-state index contributed by atoms with van der Waals surface area (Å²) < 4.78 is 18.7. The first-order chi connectivity index (χ1) is 6.27. The Morgan fingerprint density at radius 2 is 2.23 bits per heavy atom. The van der Waals surface area contributed by atoms with E-state index in [1.54, 1.807) is 18.3 Å². The van der Waals surface area contributed by atoms with Gasteiger partial charge in [-0.1, -0.05) is 0 Å². The van der Waals surface area contributed by atoms with Crippen molar-refractivity contribution in [2.24, 2.45) is 0 Å². The number of rotatable bonds is 1. The van der Waals surface area contributed by atoms with Gasteiger partial charge in [0.1, 0.15) is 5.82 Å². The standard InChI is InChI=1S/C9H5FINO/c10-7-3-6(1-2-8(7)11)9-4-12-5-13-9/h1-5H. The molecule has 0 saturated carbocycles. The van der Waals surface area contributed by atoms with Crippen LogP contribution in [0.15, 0.2) is 35.2 Å². The lowest BCUT2D eigenvalue weighted by Crippen LogP contribution is -1.82. The zero-order valence-corrected chi connectivity index (χ0v) is 8.66. The van der Waals surface area contributed by atoms with Gasteiger partial charge in [0.25, 0.3) is 0 Å². The fourth-order valence-electron chi connectivity index (χ4n) is 1.01. The number of hydrogen-bond acceptors (Lipinski definition) is 2. The maximum atomic E-state index is 13.1. The molecule has 2 aromatic rings. The molecule has 0 N–H and O–H groups in total. The number of aromatic nitrogens is 1. The predicted octanol–water partition coefficient (Wildman–Crippen LogP) is 3.09. The molecule has 0 spiro atoms. The van der Waals surface area contributed by atoms with E-state index in [0.29, 0.717) is 14.9 Å². The Morgan fingerprint density at radius 3 is 2.85 bits per heavy atom. The SMILES string of the molecule is Fc1cc(-c2cnco2)ccc1I. The topological polar surface area (TPSA) is 26.0 Å². The van der Waals surface area contributed by atoms with E-state index >= 15 is 0 Å². The van der Waals surface area contributed by atoms with Crippen LogP contribution in [0.4, 0.5) is 4.39 Å². The van der Waals surface area contributed by atoms with Gasteiger partial charge in [0.2, 0.25) is 0 Å². The quantitative estimate of drug-likeness (QED) is 0.754. The summed E-state index contributed by atoms with van der Waals surface area (Å²) in [6.07, 6.45) is 2.88. The summed E-state index contributed by atoms with van der Waals surface area (Å²) in [5.41, 5.74) is 0.704. The Labute approximate surface area is 87.9 Å². The van der Waals surface area contributed by atoms with Gasteiger partial charge in [0, 0.05) is 9.13 Å². The third-order valence-electron chi connectivity index (χ3n) is 1.64. The van der Waals surface area contributed by atoms with Crippen LogP contribution in [-0.4, -0.2) is 4.98 Å². The molecule has 0 bridgehead atoms. The van der Waals surface area contributed by atoms with Crippen LogP contribution in [0.5, 0.6) is 0 Å². The summed E-state index contributed by atoms with van der Waals surface area (Å²) in [4.78, 5) is 3.76. The number of oxazole rings is 1. The predicted molar refractivity (Wildman–Crippen MR) is 54.6 cm³/mol. The van der Waals surface area contributed by atoms with Gasteiger partial charge in [-0.3, -0.25) is 0 Å². The Kier molecular flexibility index (Phi) is 2.30. The summed E-state index contributed by atoms with van der Waals surface area (Å²) in [6.45, 7) is 0. The molecule has 2 nitrogen and oxygen atoms in total. The maximum Gasteiger partial charge on any atom is 0.181 e. The van der Waals surface area contributed by atoms with Crippen LogP contribution in [-0.2, 0) is 0 Å². The minimum absolute atomic E-state index is 0.241. The second-order valence-corrected chi connectivity index (χ2v) is 3.66. The zero-order valence-electron chi connectivity index (χ0n) is 6.50. The van der Waals surface area contributed by atoms with E-state index in [4.69, 9.17) is 4.42 Å². The number of benzene rings is 1. The van der Waals surface area contributed by atoms with Crippen molar-refractivity contribution in [2.75, 3.05) is 0 Å². The second-order valence-electron chi connectivity index (χ2n) is 2.49. The van der Waals surface area contributed by atoms with Crippen LogP contribution in [0.3, 0.4) is 0 Å². The molecule has 0 aliphatic rings. The highest BCUT2D eigenvalue weighted by atomic mass is 127. The van der Waals surface area contributed by atoms with Gasteiger partial charge in [-0.2, -0.15) is 0 Å². The van der Waals surface area contributed by atoms with Gasteiger partial charge in [-0.05, 0) is 40.8 Å². The van der Waals surface area contributed by atoms with Gasteiger partial charge >= 0.3 is 0 Å². The largest absolute Gasteiger partial charge is 0.444 e. The molecule has 0 saturated heterocycles. The van der Waals surface area contributed by atoms with Crippen LogP contribution in [0, 0.1) is 9.39 Å². The molecule has 0 aliphatic heterocycles. The van der Waals surface area contributed by atoms with Crippen LogP contribution < -0.4 is 0 Å². The fourth-order valence-corrected chi connectivity index (χ4v) is 1.34. The lowest BCUT2D eigenvalue weighted by atomic mass is 10.2. The van der Waals surface area contributed by atoms with Crippen molar-refractivity contribution in [3.63, 3.8) is 0 Å². The number of hydrogen-bond donors (Lipinski definition) is 0. The minimum atomic E-state index is -0.241. The van der Waals surface area contributed by atoms with E-state index in [1.165, 1.54) is 12.5 Å². The van der Waals surface area contributed by atoms with Crippen molar-refractivity contribution in [1.82, 2.24) is 4.98 Å². The third kappa shape index (κ3) is 1.72. The summed E-state index contributed by atoms with van der Waals surface area (Å²) in [6, 6.07) is 4.93. The normalized spacial score (nSPS) is 10.3. The van der Waals surface area contributed by atoms with E-state index < -0.39 is 0 Å². The van der Waals surface area contributed by atoms with Crippen molar-refractivity contribution in [3.05, 3.63) is 40.2 Å². The van der Waals surface area contributed by atoms with Gasteiger partial charge in [-0.25, -0.2) is 9.37 Å². The average molecular weight is 289 g/mol. The maximum absolute atomic E-state index is 13.1. The third-order valence-corrected chi connectivity index (χ3v) is 2.51. The number of halogens is 2. The molecule has 0 amide bonds. The first kappa shape index (κ1) is 8.68. The highest BCUT2D eigenvalue weighted by molar-refractivity contribution is 14.1. The summed E-state index contributed by atoms with van der Waals surface area (Å²) in [5, 5.41) is 0. The van der Waals surface area contributed by atoms with Gasteiger partial charge in [-0.15, -0.1) is 0 Å². The first-order valence-corrected chi connectivity index (χ1v) is 4.69. The molecular weight excluding hydrogens is 284 g/mol. The lowest BCUT2D eigenvalue weighted by Gasteiger charge is -1.97. The summed E-state index contributed by atoms with van der Waals surface area (Å²) in [5.74, 6) is 0.338. The van der Waals surface area contributed by atoms with E-state index in [2.05, 4.69) is 4.98 Å². The van der Waals surface area contributed by atoms with E-state index in [1.807, 2.05) is 22.6 Å². The van der Waals surface area contributed by atoms with Crippen LogP contribution in [0.25, 0.3) is 11.3 Å². The molecule has 2 rings (SSSR count). The zero-order chi connectivity index (χ0) is 9.26. The monoisotopic (exact) mass is 289 g/mol. The van der Waals surface area contributed by atoms with Crippen molar-refractivity contribution in [3.8, 4) is 11.3 Å². The Hall–Kier alpha value is -0.910. The first-order valence-electron chi connectivity index (χ1n) is 3.61. The molecule has 0 radical (unpaired) electrons. The molecule has 0 unspecified atom stereocenters. The molecule has 66 valence electrons. The van der Waals surface area contributed by atoms with Gasteiger partial charge < -0.3 is 4.42 Å². The molecule has 0 fully saturated rings. The Balaban J connectivity index is 2.49. The smallest absolute Gasteiger partial charge is 0.181 e. The molecule has 1 heterocycles. The van der Waals surface area contributed by atoms with Crippen molar-refractivity contribution < 1.29 is 8.81 Å². The van der Waals surface area contributed by atoms with E-state index in [0.717, 1.165) is 0 Å². The number of nitrogens with zero attached hydrogens (tertiary/aromatic N) is 1. The van der Waals surface area contributed by atoms with Gasteiger partial charge in [0.15, 0.2) is 12.2 Å². The second kappa shape index (κ2) is 3.45. The Morgan fingerprint density at radius 1 is 1.38 bits per heavy atom.